The molecule has 2 aromatic rings. The molecular weight excluding hydrogens is 265 g/mol. The van der Waals surface area contributed by atoms with E-state index in [-0.39, 0.29) is 23.3 Å². The highest BCUT2D eigenvalue weighted by Gasteiger charge is 2.22. The van der Waals surface area contributed by atoms with Crippen LogP contribution >= 0.6 is 0 Å². The zero-order valence-electron chi connectivity index (χ0n) is 11.3. The number of ether oxygens (including phenoxy) is 1. The van der Waals surface area contributed by atoms with Gasteiger partial charge < -0.3 is 14.3 Å². The first-order chi connectivity index (χ1) is 9.43. The third-order valence-electron chi connectivity index (χ3n) is 2.79. The van der Waals surface area contributed by atoms with Crippen molar-refractivity contribution in [3.63, 3.8) is 0 Å². The molecule has 1 heterocycles. The molecule has 0 saturated heterocycles. The second kappa shape index (κ2) is 5.32. The molecule has 1 aromatic heterocycles. The monoisotopic (exact) mass is 279 g/mol. The zero-order chi connectivity index (χ0) is 14.9. The molecule has 20 heavy (non-hydrogen) atoms. The Balaban J connectivity index is 2.53. The molecule has 106 valence electrons. The number of carbonyl (C=O) groups is 1. The van der Waals surface area contributed by atoms with Crippen molar-refractivity contribution in [2.75, 3.05) is 7.11 Å². The van der Waals surface area contributed by atoms with E-state index in [9.17, 15) is 9.18 Å². The summed E-state index contributed by atoms with van der Waals surface area (Å²) in [6.07, 6.45) is 0. The molecule has 0 bridgehead atoms. The van der Waals surface area contributed by atoms with E-state index in [4.69, 9.17) is 14.3 Å². The Morgan fingerprint density at radius 3 is 2.65 bits per heavy atom. The van der Waals surface area contributed by atoms with Gasteiger partial charge in [0.05, 0.1) is 12.8 Å². The maximum Gasteiger partial charge on any atom is 0.373 e. The van der Waals surface area contributed by atoms with Gasteiger partial charge in [0.2, 0.25) is 11.7 Å². The molecule has 0 aliphatic heterocycles. The highest BCUT2D eigenvalue weighted by atomic mass is 19.1. The van der Waals surface area contributed by atoms with E-state index < -0.39 is 11.8 Å². The van der Waals surface area contributed by atoms with E-state index >= 15 is 0 Å². The number of hydrogen-bond donors (Lipinski definition) is 1. The molecule has 2 rings (SSSR count). The third kappa shape index (κ3) is 2.49. The van der Waals surface area contributed by atoms with Crippen molar-refractivity contribution in [2.45, 2.75) is 19.8 Å². The summed E-state index contributed by atoms with van der Waals surface area (Å²) in [6.45, 7) is 3.64. The highest BCUT2D eigenvalue weighted by Crippen LogP contribution is 2.29. The summed E-state index contributed by atoms with van der Waals surface area (Å²) in [7, 11) is 1.35. The molecule has 0 spiro atoms. The predicted molar refractivity (Wildman–Crippen MR) is 69.5 cm³/mol. The van der Waals surface area contributed by atoms with Crippen LogP contribution in [0.5, 0.6) is 5.75 Å². The van der Waals surface area contributed by atoms with E-state index in [1.807, 2.05) is 13.8 Å². The Hall–Kier alpha value is -2.37. The molecular formula is C14H14FNO4. The van der Waals surface area contributed by atoms with Crippen LogP contribution in [0.1, 0.15) is 36.0 Å². The lowest BCUT2D eigenvalue weighted by molar-refractivity contribution is 0.0661. The van der Waals surface area contributed by atoms with Gasteiger partial charge in [0.1, 0.15) is 0 Å². The van der Waals surface area contributed by atoms with Gasteiger partial charge >= 0.3 is 5.97 Å². The lowest BCUT2D eigenvalue weighted by Gasteiger charge is -2.02. The Kier molecular flexibility index (Phi) is 3.74. The molecule has 0 atom stereocenters. The van der Waals surface area contributed by atoms with Gasteiger partial charge in [0.25, 0.3) is 0 Å². The Morgan fingerprint density at radius 1 is 1.45 bits per heavy atom. The van der Waals surface area contributed by atoms with E-state index in [1.54, 1.807) is 0 Å². The molecule has 0 unspecified atom stereocenters. The number of carboxylic acids is 1. The van der Waals surface area contributed by atoms with Gasteiger partial charge in [0.15, 0.2) is 11.6 Å². The molecule has 0 fully saturated rings. The number of aromatic nitrogens is 1. The van der Waals surface area contributed by atoms with E-state index in [1.165, 1.54) is 25.3 Å². The van der Waals surface area contributed by atoms with Gasteiger partial charge in [-0.1, -0.05) is 13.8 Å². The number of methoxy groups -OCH3 is 1. The number of nitrogens with zero attached hydrogens (tertiary/aromatic N) is 1. The second-order valence-electron chi connectivity index (χ2n) is 4.54. The lowest BCUT2D eigenvalue weighted by atomic mass is 10.1. The first-order valence-electron chi connectivity index (χ1n) is 6.02. The first kappa shape index (κ1) is 14.0. The number of benzene rings is 1. The zero-order valence-corrected chi connectivity index (χ0v) is 11.3. The number of oxazole rings is 1. The number of rotatable bonds is 4. The number of halogens is 1. The molecule has 0 radical (unpaired) electrons. The Bertz CT molecular complexity index is 649. The third-order valence-corrected chi connectivity index (χ3v) is 2.79. The van der Waals surface area contributed by atoms with Crippen molar-refractivity contribution in [1.82, 2.24) is 4.98 Å². The van der Waals surface area contributed by atoms with Crippen molar-refractivity contribution < 1.29 is 23.4 Å². The summed E-state index contributed by atoms with van der Waals surface area (Å²) < 4.78 is 23.5. The van der Waals surface area contributed by atoms with Gasteiger partial charge in [-0.25, -0.2) is 14.2 Å². The topological polar surface area (TPSA) is 72.6 Å². The number of hydrogen-bond acceptors (Lipinski definition) is 4. The van der Waals surface area contributed by atoms with Gasteiger partial charge in [-0.15, -0.1) is 0 Å². The summed E-state index contributed by atoms with van der Waals surface area (Å²) in [5, 5.41) is 9.10. The van der Waals surface area contributed by atoms with Crippen molar-refractivity contribution in [3.8, 4) is 17.2 Å². The van der Waals surface area contributed by atoms with Crippen molar-refractivity contribution >= 4 is 5.97 Å². The van der Waals surface area contributed by atoms with Crippen LogP contribution in [-0.4, -0.2) is 23.2 Å². The van der Waals surface area contributed by atoms with E-state index in [0.717, 1.165) is 0 Å². The van der Waals surface area contributed by atoms with Crippen LogP contribution < -0.4 is 4.74 Å². The number of aromatic carboxylic acids is 1. The average molecular weight is 279 g/mol. The van der Waals surface area contributed by atoms with E-state index in [2.05, 4.69) is 4.98 Å². The Labute approximate surface area is 115 Å². The van der Waals surface area contributed by atoms with Crippen LogP contribution in [0, 0.1) is 5.82 Å². The summed E-state index contributed by atoms with van der Waals surface area (Å²) in [5.41, 5.74) is 0.813. The maximum absolute atomic E-state index is 13.4. The van der Waals surface area contributed by atoms with E-state index in [0.29, 0.717) is 11.3 Å². The molecule has 5 nitrogen and oxygen atoms in total. The summed E-state index contributed by atoms with van der Waals surface area (Å²) >= 11 is 0. The largest absolute Gasteiger partial charge is 0.494 e. The van der Waals surface area contributed by atoms with Gasteiger partial charge in [-0.05, 0) is 24.1 Å². The number of carboxylic acid groups (broad SMARTS) is 1. The van der Waals surface area contributed by atoms with Crippen LogP contribution in [0.2, 0.25) is 0 Å². The minimum atomic E-state index is -1.18. The van der Waals surface area contributed by atoms with Crippen molar-refractivity contribution in [1.29, 1.82) is 0 Å². The van der Waals surface area contributed by atoms with Crippen molar-refractivity contribution in [3.05, 3.63) is 35.5 Å². The van der Waals surface area contributed by atoms with Gasteiger partial charge in [-0.2, -0.15) is 0 Å². The second-order valence-corrected chi connectivity index (χ2v) is 4.54. The van der Waals surface area contributed by atoms with Gasteiger partial charge in [-0.3, -0.25) is 0 Å². The molecule has 0 aliphatic carbocycles. The Morgan fingerprint density at radius 2 is 2.15 bits per heavy atom. The summed E-state index contributed by atoms with van der Waals surface area (Å²) in [5.74, 6) is -1.81. The summed E-state index contributed by atoms with van der Waals surface area (Å²) in [4.78, 5) is 15.3. The van der Waals surface area contributed by atoms with Crippen LogP contribution in [0.15, 0.2) is 22.6 Å². The fourth-order valence-electron chi connectivity index (χ4n) is 1.79. The smallest absolute Gasteiger partial charge is 0.373 e. The molecule has 1 aromatic carbocycles. The fraction of sp³-hybridized carbons (Fsp3) is 0.286. The van der Waals surface area contributed by atoms with Crippen LogP contribution in [-0.2, 0) is 0 Å². The van der Waals surface area contributed by atoms with Crippen LogP contribution in [0.3, 0.4) is 0 Å². The SMILES string of the molecule is COc1cc(-c2nc(C(C)C)c(C(=O)O)o2)ccc1F. The van der Waals surface area contributed by atoms with Gasteiger partial charge in [0, 0.05) is 5.56 Å². The molecule has 0 saturated carbocycles. The lowest BCUT2D eigenvalue weighted by Crippen LogP contribution is -2.01. The average Bonchev–Trinajstić information content (AvgIpc) is 2.84. The predicted octanol–water partition coefficient (Wildman–Crippen LogP) is 3.31. The molecule has 6 heteroatoms. The highest BCUT2D eigenvalue weighted by molar-refractivity contribution is 5.86. The molecule has 1 N–H and O–H groups in total. The maximum atomic E-state index is 13.4. The molecule has 0 aliphatic rings. The first-order valence-corrected chi connectivity index (χ1v) is 6.02. The minimum absolute atomic E-state index is 0.0451. The van der Waals surface area contributed by atoms with Crippen molar-refractivity contribution in [2.24, 2.45) is 0 Å². The quantitative estimate of drug-likeness (QED) is 0.929. The summed E-state index contributed by atoms with van der Waals surface area (Å²) in [6, 6.07) is 4.09. The molecule has 0 amide bonds. The standard InChI is InChI=1S/C14H14FNO4/c1-7(2)11-12(14(17)18)20-13(16-11)8-4-5-9(15)10(6-8)19-3/h4-7H,1-3H3,(H,17,18). The normalized spacial score (nSPS) is 10.8. The minimum Gasteiger partial charge on any atom is -0.494 e. The van der Waals surface area contributed by atoms with Crippen LogP contribution in [0.4, 0.5) is 4.39 Å². The van der Waals surface area contributed by atoms with Crippen LogP contribution in [0.25, 0.3) is 11.5 Å². The fourth-order valence-corrected chi connectivity index (χ4v) is 1.79.